The number of rotatable bonds is 5. The van der Waals surface area contributed by atoms with E-state index in [1.807, 2.05) is 30.3 Å². The van der Waals surface area contributed by atoms with Crippen molar-refractivity contribution in [2.75, 3.05) is 6.79 Å². The average Bonchev–Trinajstić information content (AvgIpc) is 3.22. The van der Waals surface area contributed by atoms with Crippen molar-refractivity contribution in [1.82, 2.24) is 9.88 Å². The van der Waals surface area contributed by atoms with Crippen LogP contribution in [0.4, 0.5) is 0 Å². The van der Waals surface area contributed by atoms with Gasteiger partial charge in [0.1, 0.15) is 0 Å². The fraction of sp³-hybridized carbons (Fsp3) is 0.250. The summed E-state index contributed by atoms with van der Waals surface area (Å²) in [5.74, 6) is 1.53. The molecule has 0 radical (unpaired) electrons. The fourth-order valence-corrected chi connectivity index (χ4v) is 3.18. The molecular formula is C20H20N2O3. The highest BCUT2D eigenvalue weighted by molar-refractivity contribution is 5.84. The maximum Gasteiger partial charge on any atom is 0.231 e. The molecule has 1 aliphatic heterocycles. The Kier molecular flexibility index (Phi) is 4.06. The molecule has 1 N–H and O–H groups in total. The molecule has 1 aliphatic rings. The highest BCUT2D eigenvalue weighted by Crippen LogP contribution is 2.32. The number of benzene rings is 2. The molecule has 0 bridgehead atoms. The number of aryl methyl sites for hydroxylation is 2. The molecule has 128 valence electrons. The molecule has 0 saturated carbocycles. The topological polar surface area (TPSA) is 52.5 Å². The number of carbonyl (C=O) groups is 1. The zero-order valence-corrected chi connectivity index (χ0v) is 14.1. The van der Waals surface area contributed by atoms with Gasteiger partial charge >= 0.3 is 0 Å². The van der Waals surface area contributed by atoms with E-state index in [1.165, 1.54) is 16.5 Å². The first-order valence-electron chi connectivity index (χ1n) is 8.40. The lowest BCUT2D eigenvalue weighted by Crippen LogP contribution is -2.23. The van der Waals surface area contributed by atoms with Crippen molar-refractivity contribution >= 4 is 16.8 Å². The van der Waals surface area contributed by atoms with Crippen LogP contribution in [0.15, 0.2) is 48.7 Å². The summed E-state index contributed by atoms with van der Waals surface area (Å²) in [5.41, 5.74) is 3.40. The van der Waals surface area contributed by atoms with Crippen molar-refractivity contribution in [3.63, 3.8) is 0 Å². The predicted molar refractivity (Wildman–Crippen MR) is 95.7 cm³/mol. The number of carbonyl (C=O) groups excluding carboxylic acids is 1. The van der Waals surface area contributed by atoms with Crippen molar-refractivity contribution in [3.05, 3.63) is 59.8 Å². The number of aromatic nitrogens is 1. The third-order valence-corrected chi connectivity index (χ3v) is 4.49. The van der Waals surface area contributed by atoms with Crippen molar-refractivity contribution in [3.8, 4) is 11.5 Å². The smallest absolute Gasteiger partial charge is 0.231 e. The lowest BCUT2D eigenvalue weighted by atomic mass is 10.2. The Labute approximate surface area is 146 Å². The van der Waals surface area contributed by atoms with Gasteiger partial charge in [-0.3, -0.25) is 4.79 Å². The minimum atomic E-state index is 0.0353. The van der Waals surface area contributed by atoms with Crippen LogP contribution < -0.4 is 14.8 Å². The summed E-state index contributed by atoms with van der Waals surface area (Å²) in [6, 6.07) is 14.0. The molecule has 0 unspecified atom stereocenters. The van der Waals surface area contributed by atoms with Gasteiger partial charge in [-0.05, 0) is 36.2 Å². The van der Waals surface area contributed by atoms with Crippen LogP contribution >= 0.6 is 0 Å². The summed E-state index contributed by atoms with van der Waals surface area (Å²) >= 11 is 0. The first kappa shape index (κ1) is 15.6. The average molecular weight is 336 g/mol. The Morgan fingerprint density at radius 1 is 1.16 bits per heavy atom. The molecule has 0 spiro atoms. The zero-order chi connectivity index (χ0) is 17.2. The lowest BCUT2D eigenvalue weighted by Gasteiger charge is -2.08. The number of nitrogens with one attached hydrogen (secondary N) is 1. The van der Waals surface area contributed by atoms with E-state index < -0.39 is 0 Å². The van der Waals surface area contributed by atoms with Crippen LogP contribution in [0.3, 0.4) is 0 Å². The minimum Gasteiger partial charge on any atom is -0.454 e. The second-order valence-electron chi connectivity index (χ2n) is 6.24. The van der Waals surface area contributed by atoms with Crippen LogP contribution in [-0.4, -0.2) is 17.3 Å². The Hall–Kier alpha value is -2.95. The summed E-state index contributed by atoms with van der Waals surface area (Å²) in [6.07, 6.45) is 2.55. The molecule has 4 rings (SSSR count). The number of para-hydroxylation sites is 1. The van der Waals surface area contributed by atoms with Gasteiger partial charge in [0.05, 0.1) is 0 Å². The van der Waals surface area contributed by atoms with Gasteiger partial charge in [0.15, 0.2) is 11.5 Å². The maximum absolute atomic E-state index is 12.2. The molecule has 25 heavy (non-hydrogen) atoms. The van der Waals surface area contributed by atoms with Crippen molar-refractivity contribution in [1.29, 1.82) is 0 Å². The summed E-state index contributed by atoms with van der Waals surface area (Å²) < 4.78 is 12.8. The van der Waals surface area contributed by atoms with Crippen molar-refractivity contribution in [2.24, 2.45) is 0 Å². The molecule has 5 nitrogen and oxygen atoms in total. The van der Waals surface area contributed by atoms with E-state index in [0.717, 1.165) is 17.1 Å². The minimum absolute atomic E-state index is 0.0353. The van der Waals surface area contributed by atoms with E-state index in [-0.39, 0.29) is 12.7 Å². The van der Waals surface area contributed by atoms with Crippen LogP contribution in [0.5, 0.6) is 11.5 Å². The number of fused-ring (bicyclic) bond motifs is 2. The van der Waals surface area contributed by atoms with Crippen LogP contribution in [0.25, 0.3) is 10.9 Å². The van der Waals surface area contributed by atoms with E-state index in [4.69, 9.17) is 9.47 Å². The highest BCUT2D eigenvalue weighted by Gasteiger charge is 2.13. The second-order valence-corrected chi connectivity index (χ2v) is 6.24. The molecule has 0 saturated heterocycles. The fourth-order valence-electron chi connectivity index (χ4n) is 3.18. The summed E-state index contributed by atoms with van der Waals surface area (Å²) in [4.78, 5) is 12.2. The molecule has 1 aromatic heterocycles. The molecular weight excluding hydrogens is 316 g/mol. The van der Waals surface area contributed by atoms with Gasteiger partial charge in [-0.1, -0.05) is 24.3 Å². The quantitative estimate of drug-likeness (QED) is 0.777. The van der Waals surface area contributed by atoms with E-state index in [0.29, 0.717) is 19.5 Å². The van der Waals surface area contributed by atoms with Crippen LogP contribution in [0.1, 0.15) is 17.5 Å². The zero-order valence-electron chi connectivity index (χ0n) is 14.1. The molecule has 3 aromatic rings. The van der Waals surface area contributed by atoms with Gasteiger partial charge < -0.3 is 19.4 Å². The molecule has 0 fully saturated rings. The number of hydrogen-bond acceptors (Lipinski definition) is 3. The number of ether oxygens (including phenoxy) is 2. The first-order valence-corrected chi connectivity index (χ1v) is 8.40. The monoisotopic (exact) mass is 336 g/mol. The summed E-state index contributed by atoms with van der Waals surface area (Å²) in [7, 11) is 0. The predicted octanol–water partition coefficient (Wildman–Crippen LogP) is 3.38. The Morgan fingerprint density at radius 3 is 2.92 bits per heavy atom. The molecule has 5 heteroatoms. The number of hydrogen-bond donors (Lipinski definition) is 1. The Balaban J connectivity index is 1.34. The standard InChI is InChI=1S/C20H20N2O3/c1-14-12-22(17-5-3-2-4-16(14)17)9-8-20(23)21-11-15-6-7-18-19(10-15)25-13-24-18/h2-7,10,12H,8-9,11,13H2,1H3,(H,21,23). The second kappa shape index (κ2) is 6.51. The Bertz CT molecular complexity index is 930. The van der Waals surface area contributed by atoms with Gasteiger partial charge in [0.25, 0.3) is 0 Å². The molecule has 2 heterocycles. The SMILES string of the molecule is Cc1cn(CCC(=O)NCc2ccc3c(c2)OCO3)c2ccccc12. The van der Waals surface area contributed by atoms with Crippen molar-refractivity contribution in [2.45, 2.75) is 26.4 Å². The van der Waals surface area contributed by atoms with Gasteiger partial charge in [0, 0.05) is 36.6 Å². The van der Waals surface area contributed by atoms with E-state index in [2.05, 4.69) is 35.1 Å². The van der Waals surface area contributed by atoms with E-state index in [1.54, 1.807) is 0 Å². The number of amides is 1. The normalized spacial score (nSPS) is 12.5. The molecule has 2 aromatic carbocycles. The Morgan fingerprint density at radius 2 is 2.00 bits per heavy atom. The third kappa shape index (κ3) is 3.18. The number of nitrogens with zero attached hydrogens (tertiary/aromatic N) is 1. The molecule has 0 atom stereocenters. The maximum atomic E-state index is 12.2. The van der Waals surface area contributed by atoms with Gasteiger partial charge in [0.2, 0.25) is 12.7 Å². The van der Waals surface area contributed by atoms with E-state index in [9.17, 15) is 4.79 Å². The van der Waals surface area contributed by atoms with Crippen LogP contribution in [0, 0.1) is 6.92 Å². The van der Waals surface area contributed by atoms with Crippen LogP contribution in [-0.2, 0) is 17.9 Å². The van der Waals surface area contributed by atoms with Crippen molar-refractivity contribution < 1.29 is 14.3 Å². The van der Waals surface area contributed by atoms with Gasteiger partial charge in [-0.15, -0.1) is 0 Å². The third-order valence-electron chi connectivity index (χ3n) is 4.49. The van der Waals surface area contributed by atoms with Gasteiger partial charge in [-0.25, -0.2) is 0 Å². The van der Waals surface area contributed by atoms with Crippen LogP contribution in [0.2, 0.25) is 0 Å². The first-order chi connectivity index (χ1) is 12.2. The summed E-state index contributed by atoms with van der Waals surface area (Å²) in [6.45, 7) is 3.51. The summed E-state index contributed by atoms with van der Waals surface area (Å²) in [5, 5.41) is 4.21. The molecule has 0 aliphatic carbocycles. The lowest BCUT2D eigenvalue weighted by molar-refractivity contribution is -0.121. The van der Waals surface area contributed by atoms with E-state index >= 15 is 0 Å². The highest BCUT2D eigenvalue weighted by atomic mass is 16.7. The molecule has 1 amide bonds. The van der Waals surface area contributed by atoms with Gasteiger partial charge in [-0.2, -0.15) is 0 Å². The largest absolute Gasteiger partial charge is 0.454 e.